The first-order chi connectivity index (χ1) is 7.61. The van der Waals surface area contributed by atoms with E-state index >= 15 is 0 Å². The molecule has 2 rings (SSSR count). The predicted octanol–water partition coefficient (Wildman–Crippen LogP) is 3.05. The van der Waals surface area contributed by atoms with Crippen molar-refractivity contribution in [1.29, 1.82) is 0 Å². The molecule has 0 radical (unpaired) electrons. The van der Waals surface area contributed by atoms with Crippen LogP contribution in [0.5, 0.6) is 0 Å². The molecule has 1 aromatic carbocycles. The lowest BCUT2D eigenvalue weighted by atomic mass is 10.1. The molecule has 1 amide bonds. The number of halogens is 1. The molecular weight excluding hydrogens is 266 g/mol. The van der Waals surface area contributed by atoms with Crippen LogP contribution in [0.4, 0.5) is 5.69 Å². The Morgan fingerprint density at radius 3 is 2.81 bits per heavy atom. The number of hydrogen-bond donors (Lipinski definition) is 0. The zero-order valence-electron chi connectivity index (χ0n) is 9.66. The Morgan fingerprint density at radius 2 is 2.19 bits per heavy atom. The van der Waals surface area contributed by atoms with E-state index in [-0.39, 0.29) is 5.91 Å². The van der Waals surface area contributed by atoms with Crippen molar-refractivity contribution in [2.24, 2.45) is 5.92 Å². The maximum Gasteiger partial charge on any atom is 0.227 e. The van der Waals surface area contributed by atoms with E-state index in [0.717, 1.165) is 17.6 Å². The number of carbonyl (C=O) groups excluding carboxylic acids is 1. The lowest BCUT2D eigenvalue weighted by Gasteiger charge is -2.19. The number of rotatable bonds is 2. The SMILES string of the molecule is Cc1ccc(C)c(N2CC(CBr)CC2=O)c1. The summed E-state index contributed by atoms with van der Waals surface area (Å²) in [5, 5.41) is 0.903. The Hall–Kier alpha value is -0.830. The van der Waals surface area contributed by atoms with Gasteiger partial charge in [-0.1, -0.05) is 28.1 Å². The highest BCUT2D eigenvalue weighted by Gasteiger charge is 2.30. The van der Waals surface area contributed by atoms with E-state index in [0.29, 0.717) is 12.3 Å². The van der Waals surface area contributed by atoms with Crippen molar-refractivity contribution in [2.75, 3.05) is 16.8 Å². The first kappa shape index (κ1) is 11.6. The van der Waals surface area contributed by atoms with Gasteiger partial charge in [0.2, 0.25) is 5.91 Å². The summed E-state index contributed by atoms with van der Waals surface area (Å²) in [6, 6.07) is 6.27. The van der Waals surface area contributed by atoms with Crippen LogP contribution in [0.3, 0.4) is 0 Å². The third-order valence-corrected chi connectivity index (χ3v) is 3.99. The van der Waals surface area contributed by atoms with Crippen molar-refractivity contribution < 1.29 is 4.79 Å². The van der Waals surface area contributed by atoms with Gasteiger partial charge in [-0.25, -0.2) is 0 Å². The van der Waals surface area contributed by atoms with Gasteiger partial charge in [0.1, 0.15) is 0 Å². The molecule has 1 unspecified atom stereocenters. The lowest BCUT2D eigenvalue weighted by Crippen LogP contribution is -2.25. The number of benzene rings is 1. The molecule has 0 aromatic heterocycles. The average Bonchev–Trinajstić information content (AvgIpc) is 2.63. The van der Waals surface area contributed by atoms with Crippen molar-refractivity contribution >= 4 is 27.5 Å². The topological polar surface area (TPSA) is 20.3 Å². The van der Waals surface area contributed by atoms with E-state index in [9.17, 15) is 4.79 Å². The van der Waals surface area contributed by atoms with Crippen molar-refractivity contribution in [3.05, 3.63) is 29.3 Å². The van der Waals surface area contributed by atoms with Gasteiger partial charge in [0.05, 0.1) is 0 Å². The number of anilines is 1. The zero-order chi connectivity index (χ0) is 11.7. The van der Waals surface area contributed by atoms with E-state index < -0.39 is 0 Å². The largest absolute Gasteiger partial charge is 0.312 e. The molecular formula is C13H16BrNO. The normalized spacial score (nSPS) is 20.6. The van der Waals surface area contributed by atoms with Crippen LogP contribution in [-0.2, 0) is 4.79 Å². The quantitative estimate of drug-likeness (QED) is 0.763. The summed E-state index contributed by atoms with van der Waals surface area (Å²) in [7, 11) is 0. The van der Waals surface area contributed by atoms with Crippen molar-refractivity contribution in [3.63, 3.8) is 0 Å². The van der Waals surface area contributed by atoms with E-state index in [2.05, 4.69) is 48.0 Å². The fourth-order valence-electron chi connectivity index (χ4n) is 2.13. The van der Waals surface area contributed by atoms with Crippen LogP contribution in [0.2, 0.25) is 0 Å². The Bertz CT molecular complexity index is 416. The van der Waals surface area contributed by atoms with Crippen LogP contribution in [0.15, 0.2) is 18.2 Å². The van der Waals surface area contributed by atoms with E-state index in [1.807, 2.05) is 4.90 Å². The Morgan fingerprint density at radius 1 is 1.44 bits per heavy atom. The minimum Gasteiger partial charge on any atom is -0.312 e. The number of hydrogen-bond acceptors (Lipinski definition) is 1. The zero-order valence-corrected chi connectivity index (χ0v) is 11.3. The molecule has 1 saturated heterocycles. The summed E-state index contributed by atoms with van der Waals surface area (Å²) in [6.07, 6.45) is 0.665. The molecule has 1 aliphatic heterocycles. The van der Waals surface area contributed by atoms with Crippen molar-refractivity contribution in [3.8, 4) is 0 Å². The fourth-order valence-corrected chi connectivity index (χ4v) is 2.56. The standard InChI is InChI=1S/C13H16BrNO/c1-9-3-4-10(2)12(5-9)15-8-11(7-14)6-13(15)16/h3-5,11H,6-8H2,1-2H3. The van der Waals surface area contributed by atoms with Crippen LogP contribution in [0.25, 0.3) is 0 Å². The van der Waals surface area contributed by atoms with Crippen LogP contribution in [0.1, 0.15) is 17.5 Å². The summed E-state index contributed by atoms with van der Waals surface area (Å²) >= 11 is 3.46. The van der Waals surface area contributed by atoms with Crippen LogP contribution in [0, 0.1) is 19.8 Å². The third kappa shape index (κ3) is 2.14. The summed E-state index contributed by atoms with van der Waals surface area (Å²) in [5.74, 6) is 0.700. The minimum atomic E-state index is 0.248. The van der Waals surface area contributed by atoms with Gasteiger partial charge in [-0.3, -0.25) is 4.79 Å². The summed E-state index contributed by atoms with van der Waals surface area (Å²) in [5.41, 5.74) is 3.46. The van der Waals surface area contributed by atoms with Crippen LogP contribution in [-0.4, -0.2) is 17.8 Å². The maximum absolute atomic E-state index is 11.9. The fraction of sp³-hybridized carbons (Fsp3) is 0.462. The smallest absolute Gasteiger partial charge is 0.227 e. The van der Waals surface area contributed by atoms with Gasteiger partial charge < -0.3 is 4.90 Å². The van der Waals surface area contributed by atoms with Crippen molar-refractivity contribution in [2.45, 2.75) is 20.3 Å². The van der Waals surface area contributed by atoms with Gasteiger partial charge in [-0.2, -0.15) is 0 Å². The number of alkyl halides is 1. The van der Waals surface area contributed by atoms with Gasteiger partial charge in [0.15, 0.2) is 0 Å². The monoisotopic (exact) mass is 281 g/mol. The molecule has 2 nitrogen and oxygen atoms in total. The number of nitrogens with zero attached hydrogens (tertiary/aromatic N) is 1. The second kappa shape index (κ2) is 4.58. The minimum absolute atomic E-state index is 0.248. The number of carbonyl (C=O) groups is 1. The molecule has 0 spiro atoms. The molecule has 1 aliphatic rings. The highest BCUT2D eigenvalue weighted by atomic mass is 79.9. The van der Waals surface area contributed by atoms with Crippen LogP contribution >= 0.6 is 15.9 Å². The average molecular weight is 282 g/mol. The van der Waals surface area contributed by atoms with E-state index in [1.54, 1.807) is 0 Å². The van der Waals surface area contributed by atoms with Gasteiger partial charge in [-0.05, 0) is 37.0 Å². The maximum atomic E-state index is 11.9. The summed E-state index contributed by atoms with van der Waals surface area (Å²) in [4.78, 5) is 13.8. The molecule has 0 saturated carbocycles. The molecule has 1 aromatic rings. The molecule has 0 N–H and O–H groups in total. The lowest BCUT2D eigenvalue weighted by molar-refractivity contribution is -0.117. The van der Waals surface area contributed by atoms with E-state index in [1.165, 1.54) is 11.1 Å². The molecule has 3 heteroatoms. The Balaban J connectivity index is 2.30. The van der Waals surface area contributed by atoms with Gasteiger partial charge in [-0.15, -0.1) is 0 Å². The molecule has 16 heavy (non-hydrogen) atoms. The highest BCUT2D eigenvalue weighted by molar-refractivity contribution is 9.09. The molecule has 1 atom stereocenters. The molecule has 0 aliphatic carbocycles. The second-order valence-electron chi connectivity index (χ2n) is 4.52. The molecule has 0 bridgehead atoms. The molecule has 1 heterocycles. The van der Waals surface area contributed by atoms with Gasteiger partial charge >= 0.3 is 0 Å². The van der Waals surface area contributed by atoms with E-state index in [4.69, 9.17) is 0 Å². The first-order valence-electron chi connectivity index (χ1n) is 5.55. The highest BCUT2D eigenvalue weighted by Crippen LogP contribution is 2.29. The second-order valence-corrected chi connectivity index (χ2v) is 5.17. The number of aryl methyl sites for hydroxylation is 2. The molecule has 86 valence electrons. The summed E-state index contributed by atoms with van der Waals surface area (Å²) < 4.78 is 0. The number of amides is 1. The first-order valence-corrected chi connectivity index (χ1v) is 6.67. The molecule has 1 fully saturated rings. The predicted molar refractivity (Wildman–Crippen MR) is 70.2 cm³/mol. The van der Waals surface area contributed by atoms with Gasteiger partial charge in [0.25, 0.3) is 0 Å². The Kier molecular flexibility index (Phi) is 3.33. The van der Waals surface area contributed by atoms with Crippen molar-refractivity contribution in [1.82, 2.24) is 0 Å². The van der Waals surface area contributed by atoms with Gasteiger partial charge in [0, 0.05) is 24.0 Å². The third-order valence-electron chi connectivity index (χ3n) is 3.08. The Labute approximate surface area is 105 Å². The van der Waals surface area contributed by atoms with Crippen LogP contribution < -0.4 is 4.90 Å². The summed E-state index contributed by atoms with van der Waals surface area (Å²) in [6.45, 7) is 4.96.